The molecule has 0 spiro atoms. The van der Waals surface area contributed by atoms with Crippen molar-refractivity contribution in [3.05, 3.63) is 11.1 Å². The third kappa shape index (κ3) is 4.32. The first-order valence-corrected chi connectivity index (χ1v) is 10.3. The molecule has 2 atom stereocenters. The van der Waals surface area contributed by atoms with Crippen LogP contribution in [0.25, 0.3) is 0 Å². The number of nitrogens with one attached hydrogen (secondary N) is 1. The fourth-order valence-electron chi connectivity index (χ4n) is 3.08. The summed E-state index contributed by atoms with van der Waals surface area (Å²) in [5.74, 6) is -1.04. The topological polar surface area (TPSA) is 175 Å². The summed E-state index contributed by atoms with van der Waals surface area (Å²) in [6.45, 7) is 0.0577. The fourth-order valence-corrected chi connectivity index (χ4v) is 4.03. The Morgan fingerprint density at radius 2 is 2.21 bits per heavy atom. The van der Waals surface area contributed by atoms with Crippen molar-refractivity contribution in [2.24, 2.45) is 0 Å². The molecule has 4 amide bonds. The van der Waals surface area contributed by atoms with Crippen LogP contribution in [-0.4, -0.2) is 76.4 Å². The quantitative estimate of drug-likeness (QED) is 0.378. The number of hydrazine groups is 1. The van der Waals surface area contributed by atoms with Gasteiger partial charge in [-0.2, -0.15) is 13.5 Å². The van der Waals surface area contributed by atoms with Crippen LogP contribution in [0, 0.1) is 0 Å². The molecule has 0 aliphatic carbocycles. The number of carbonyl (C=O) groups excluding carboxylic acids is 3. The summed E-state index contributed by atoms with van der Waals surface area (Å²) in [6.07, 6.45) is 0.458. The number of likely N-dealkylation sites (N-methyl/N-ethyl adjacent to an activating group) is 1. The van der Waals surface area contributed by atoms with Crippen molar-refractivity contribution in [3.8, 4) is 0 Å². The van der Waals surface area contributed by atoms with Gasteiger partial charge in [-0.3, -0.25) is 24.6 Å². The minimum atomic E-state index is -4.86. The molecule has 0 unspecified atom stereocenters. The zero-order chi connectivity index (χ0) is 20.6. The van der Waals surface area contributed by atoms with E-state index in [0.29, 0.717) is 15.9 Å². The van der Waals surface area contributed by atoms with Crippen LogP contribution in [0.1, 0.15) is 18.5 Å². The molecule has 2 bridgehead atoms. The molecule has 4 N–H and O–H groups in total. The molecule has 2 aliphatic heterocycles. The molecule has 15 heteroatoms. The molecule has 0 aromatic carbocycles. The van der Waals surface area contributed by atoms with Gasteiger partial charge in [0.2, 0.25) is 5.91 Å². The number of hydroxylamine groups is 2. The molecule has 2 saturated heterocycles. The van der Waals surface area contributed by atoms with E-state index in [1.54, 1.807) is 5.38 Å². The lowest BCUT2D eigenvalue weighted by Gasteiger charge is -2.30. The number of hydrogen-bond donors (Lipinski definition) is 3. The summed E-state index contributed by atoms with van der Waals surface area (Å²) < 4.78 is 34.9. The van der Waals surface area contributed by atoms with Crippen LogP contribution in [0.5, 0.6) is 0 Å². The van der Waals surface area contributed by atoms with Crippen LogP contribution in [-0.2, 0) is 30.7 Å². The van der Waals surface area contributed by atoms with E-state index in [0.717, 1.165) is 9.91 Å². The Bertz CT molecular complexity index is 903. The zero-order valence-electron chi connectivity index (χ0n) is 14.6. The van der Waals surface area contributed by atoms with E-state index >= 15 is 0 Å². The summed E-state index contributed by atoms with van der Waals surface area (Å²) in [5, 5.41) is 3.51. The lowest BCUT2D eigenvalue weighted by Crippen LogP contribution is -2.54. The minimum Gasteiger partial charge on any atom is -0.375 e. The molecule has 13 nitrogen and oxygen atoms in total. The molecule has 154 valence electrons. The smallest absolute Gasteiger partial charge is 0.375 e. The number of nitrogen functional groups attached to an aromatic ring is 1. The second-order valence-corrected chi connectivity index (χ2v) is 8.19. The van der Waals surface area contributed by atoms with Gasteiger partial charge in [0.25, 0.3) is 5.91 Å². The van der Waals surface area contributed by atoms with Gasteiger partial charge in [0, 0.05) is 19.0 Å². The van der Waals surface area contributed by atoms with Gasteiger partial charge in [-0.25, -0.2) is 9.78 Å². The van der Waals surface area contributed by atoms with E-state index < -0.39 is 40.3 Å². The number of nitrogens with zero attached hydrogens (tertiary/aromatic N) is 4. The van der Waals surface area contributed by atoms with Crippen molar-refractivity contribution in [1.29, 1.82) is 0 Å². The molecule has 2 aliphatic rings. The standard InChI is InChI=1S/C13H18N6O7S2/c1-17(10(20)4-7-6-27-12(14)15-7)16-11(21)9-3-2-8-5-18(9)13(22)19(8)26-28(23,24)25/h6,8-9H,2-5H2,1H3,(H2,14,15)(H,16,21)(H,23,24,25)/t8-,9+/m1/s1. The largest absolute Gasteiger partial charge is 0.418 e. The lowest BCUT2D eigenvalue weighted by atomic mass is 10.0. The molecule has 0 radical (unpaired) electrons. The first-order chi connectivity index (χ1) is 13.0. The summed E-state index contributed by atoms with van der Waals surface area (Å²) in [7, 11) is -3.50. The predicted octanol–water partition coefficient (Wildman–Crippen LogP) is -1.24. The third-order valence-electron chi connectivity index (χ3n) is 4.35. The minimum absolute atomic E-state index is 0.0577. The highest BCUT2D eigenvalue weighted by Crippen LogP contribution is 2.30. The molecular formula is C13H18N6O7S2. The Labute approximate surface area is 163 Å². The van der Waals surface area contributed by atoms with Gasteiger partial charge in [-0.15, -0.1) is 15.6 Å². The van der Waals surface area contributed by atoms with Crippen molar-refractivity contribution in [2.75, 3.05) is 19.3 Å². The van der Waals surface area contributed by atoms with Crippen molar-refractivity contribution in [2.45, 2.75) is 31.3 Å². The average molecular weight is 434 g/mol. The number of anilines is 1. The summed E-state index contributed by atoms with van der Waals surface area (Å²) in [5.41, 5.74) is 8.40. The van der Waals surface area contributed by atoms with Gasteiger partial charge < -0.3 is 10.6 Å². The highest BCUT2D eigenvalue weighted by atomic mass is 32.3. The van der Waals surface area contributed by atoms with E-state index in [1.165, 1.54) is 18.4 Å². The number of urea groups is 1. The van der Waals surface area contributed by atoms with Gasteiger partial charge in [0.15, 0.2) is 5.13 Å². The van der Waals surface area contributed by atoms with Crippen molar-refractivity contribution < 1.29 is 31.6 Å². The summed E-state index contributed by atoms with van der Waals surface area (Å²) in [4.78, 5) is 42.2. The predicted molar refractivity (Wildman–Crippen MR) is 94.5 cm³/mol. The maximum atomic E-state index is 12.5. The number of carbonyl (C=O) groups is 3. The highest BCUT2D eigenvalue weighted by Gasteiger charge is 2.49. The highest BCUT2D eigenvalue weighted by molar-refractivity contribution is 7.80. The van der Waals surface area contributed by atoms with Crippen LogP contribution in [0.4, 0.5) is 9.93 Å². The van der Waals surface area contributed by atoms with Gasteiger partial charge in [0.1, 0.15) is 6.04 Å². The normalized spacial score (nSPS) is 21.7. The summed E-state index contributed by atoms with van der Waals surface area (Å²) in [6, 6.07) is -2.37. The molecule has 1 aromatic heterocycles. The SMILES string of the molecule is CN(NC(=O)[C@@H]1CC[C@@H]2CN1C(=O)N2OS(=O)(=O)O)C(=O)Cc1csc(N)n1. The second kappa shape index (κ2) is 7.50. The monoisotopic (exact) mass is 434 g/mol. The first-order valence-electron chi connectivity index (χ1n) is 8.09. The van der Waals surface area contributed by atoms with Crippen molar-refractivity contribution in [3.63, 3.8) is 0 Å². The molecule has 1 aromatic rings. The lowest BCUT2D eigenvalue weighted by molar-refractivity contribution is -0.141. The molecule has 3 rings (SSSR count). The van der Waals surface area contributed by atoms with Gasteiger partial charge in [0.05, 0.1) is 18.2 Å². The number of fused-ring (bicyclic) bond motifs is 2. The van der Waals surface area contributed by atoms with Gasteiger partial charge in [-0.1, -0.05) is 0 Å². The Balaban J connectivity index is 1.60. The molecule has 28 heavy (non-hydrogen) atoms. The van der Waals surface area contributed by atoms with E-state index in [2.05, 4.69) is 14.7 Å². The number of amides is 4. The van der Waals surface area contributed by atoms with Crippen molar-refractivity contribution >= 4 is 44.7 Å². The maximum Gasteiger partial charge on any atom is 0.418 e. The van der Waals surface area contributed by atoms with Gasteiger partial charge >= 0.3 is 16.4 Å². The maximum absolute atomic E-state index is 12.5. The Morgan fingerprint density at radius 3 is 2.82 bits per heavy atom. The van der Waals surface area contributed by atoms with E-state index in [1.807, 2.05) is 0 Å². The number of thiazole rings is 1. The average Bonchev–Trinajstić information content (AvgIpc) is 3.10. The first kappa shape index (κ1) is 20.2. The Morgan fingerprint density at radius 1 is 1.50 bits per heavy atom. The zero-order valence-corrected chi connectivity index (χ0v) is 16.3. The van der Waals surface area contributed by atoms with E-state index in [4.69, 9.17) is 10.3 Å². The van der Waals surface area contributed by atoms with E-state index in [-0.39, 0.29) is 25.8 Å². The van der Waals surface area contributed by atoms with Crippen LogP contribution in [0.3, 0.4) is 0 Å². The summed E-state index contributed by atoms with van der Waals surface area (Å²) >= 11 is 1.19. The molecular weight excluding hydrogens is 416 g/mol. The second-order valence-electron chi connectivity index (χ2n) is 6.29. The number of aromatic nitrogens is 1. The molecule has 0 saturated carbocycles. The fraction of sp³-hybridized carbons (Fsp3) is 0.538. The third-order valence-corrected chi connectivity index (χ3v) is 5.43. The van der Waals surface area contributed by atoms with E-state index in [9.17, 15) is 22.8 Å². The Kier molecular flexibility index (Phi) is 5.42. The number of nitrogens with two attached hydrogens (primary N) is 1. The molecule has 2 fully saturated rings. The van der Waals surface area contributed by atoms with Crippen LogP contribution in [0.15, 0.2) is 5.38 Å². The van der Waals surface area contributed by atoms with Crippen molar-refractivity contribution in [1.82, 2.24) is 25.4 Å². The van der Waals surface area contributed by atoms with Crippen LogP contribution in [0.2, 0.25) is 0 Å². The van der Waals surface area contributed by atoms with Crippen LogP contribution >= 0.6 is 11.3 Å². The van der Waals surface area contributed by atoms with Gasteiger partial charge in [-0.05, 0) is 12.8 Å². The number of piperidine rings is 1. The Hall–Kier alpha value is -2.49. The molecule has 3 heterocycles. The number of rotatable bonds is 5. The number of hydrogen-bond acceptors (Lipinski definition) is 9. The van der Waals surface area contributed by atoms with Crippen LogP contribution < -0.4 is 11.2 Å².